The van der Waals surface area contributed by atoms with Crippen molar-refractivity contribution in [2.75, 3.05) is 31.6 Å². The van der Waals surface area contributed by atoms with Gasteiger partial charge in [0.15, 0.2) is 0 Å². The zero-order valence-corrected chi connectivity index (χ0v) is 12.9. The molecule has 0 radical (unpaired) electrons. The van der Waals surface area contributed by atoms with Gasteiger partial charge in [-0.05, 0) is 36.2 Å². The summed E-state index contributed by atoms with van der Waals surface area (Å²) in [6.45, 7) is 3.66. The Morgan fingerprint density at radius 2 is 2.22 bits per heavy atom. The van der Waals surface area contributed by atoms with Gasteiger partial charge in [0.2, 0.25) is 5.91 Å². The van der Waals surface area contributed by atoms with Gasteiger partial charge < -0.3 is 10.1 Å². The zero-order chi connectivity index (χ0) is 15.6. The van der Waals surface area contributed by atoms with Crippen LogP contribution in [0.25, 0.3) is 0 Å². The van der Waals surface area contributed by atoms with E-state index < -0.39 is 0 Å². The number of anilines is 1. The third-order valence-corrected chi connectivity index (χ3v) is 4.49. The molecule has 6 heteroatoms. The molecular weight excluding hydrogens is 292 g/mol. The molecule has 3 heterocycles. The molecule has 1 aromatic carbocycles. The molecule has 2 aliphatic heterocycles. The lowest BCUT2D eigenvalue weighted by atomic mass is 10.0. The fraction of sp³-hybridized carbons (Fsp3) is 0.412. The summed E-state index contributed by atoms with van der Waals surface area (Å²) < 4.78 is 7.88. The van der Waals surface area contributed by atoms with Crippen molar-refractivity contribution in [1.82, 2.24) is 14.7 Å². The Balaban J connectivity index is 1.24. The van der Waals surface area contributed by atoms with Gasteiger partial charge in [0.1, 0.15) is 12.4 Å². The van der Waals surface area contributed by atoms with Gasteiger partial charge in [0.05, 0.1) is 6.04 Å². The number of fused-ring (bicyclic) bond motifs is 1. The maximum absolute atomic E-state index is 11.4. The van der Waals surface area contributed by atoms with Gasteiger partial charge >= 0.3 is 0 Å². The molecule has 0 unspecified atom stereocenters. The number of ether oxygens (including phenoxy) is 1. The molecular formula is C17H20N4O2. The van der Waals surface area contributed by atoms with Crippen LogP contribution in [0.5, 0.6) is 5.75 Å². The van der Waals surface area contributed by atoms with E-state index in [-0.39, 0.29) is 5.91 Å². The van der Waals surface area contributed by atoms with Gasteiger partial charge in [-0.25, -0.2) is 0 Å². The molecule has 1 fully saturated rings. The Bertz CT molecular complexity index is 693. The number of rotatable bonds is 5. The minimum absolute atomic E-state index is 0.0932. The average molecular weight is 312 g/mol. The SMILES string of the molecule is O=C1CCc2cc(OCCN3CC(n4cccn4)C3)ccc2N1. The first-order chi connectivity index (χ1) is 11.3. The number of amides is 1. The van der Waals surface area contributed by atoms with Crippen LogP contribution in [-0.2, 0) is 11.2 Å². The maximum Gasteiger partial charge on any atom is 0.224 e. The number of carbonyl (C=O) groups is 1. The molecule has 0 aliphatic carbocycles. The highest BCUT2D eigenvalue weighted by molar-refractivity contribution is 5.93. The number of aromatic nitrogens is 2. The van der Waals surface area contributed by atoms with E-state index in [9.17, 15) is 4.79 Å². The summed E-state index contributed by atoms with van der Waals surface area (Å²) in [7, 11) is 0. The standard InChI is InChI=1S/C17H20N4O2/c22-17-5-2-13-10-15(3-4-16(13)19-17)23-9-8-20-11-14(12-20)21-7-1-6-18-21/h1,3-4,6-7,10,14H,2,5,8-9,11-12H2,(H,19,22). The highest BCUT2D eigenvalue weighted by Crippen LogP contribution is 2.27. The highest BCUT2D eigenvalue weighted by atomic mass is 16.5. The Morgan fingerprint density at radius 1 is 1.30 bits per heavy atom. The molecule has 2 aliphatic rings. The summed E-state index contributed by atoms with van der Waals surface area (Å²) in [4.78, 5) is 13.7. The molecule has 0 saturated carbocycles. The maximum atomic E-state index is 11.4. The predicted octanol–water partition coefficient (Wildman–Crippen LogP) is 1.70. The minimum atomic E-state index is 0.0932. The molecule has 0 spiro atoms. The van der Waals surface area contributed by atoms with Crippen molar-refractivity contribution in [2.24, 2.45) is 0 Å². The van der Waals surface area contributed by atoms with E-state index in [0.717, 1.165) is 43.1 Å². The Kier molecular flexibility index (Phi) is 3.75. The largest absolute Gasteiger partial charge is 0.492 e. The van der Waals surface area contributed by atoms with Crippen LogP contribution in [0, 0.1) is 0 Å². The number of carbonyl (C=O) groups excluding carboxylic acids is 1. The van der Waals surface area contributed by atoms with Gasteiger partial charge in [0.25, 0.3) is 0 Å². The Labute approximate surface area is 135 Å². The van der Waals surface area contributed by atoms with Gasteiger partial charge in [-0.3, -0.25) is 14.4 Å². The van der Waals surface area contributed by atoms with Gasteiger partial charge in [-0.15, -0.1) is 0 Å². The van der Waals surface area contributed by atoms with E-state index in [0.29, 0.717) is 19.1 Å². The normalized spacial score (nSPS) is 18.2. The van der Waals surface area contributed by atoms with Crippen LogP contribution in [-0.4, -0.2) is 46.8 Å². The fourth-order valence-corrected chi connectivity index (χ4v) is 3.13. The molecule has 120 valence electrons. The van der Waals surface area contributed by atoms with Crippen LogP contribution in [0.4, 0.5) is 5.69 Å². The number of benzene rings is 1. The third kappa shape index (κ3) is 3.07. The van der Waals surface area contributed by atoms with Crippen molar-refractivity contribution in [3.63, 3.8) is 0 Å². The van der Waals surface area contributed by atoms with Crippen molar-refractivity contribution in [2.45, 2.75) is 18.9 Å². The molecule has 1 amide bonds. The topological polar surface area (TPSA) is 59.4 Å². The molecule has 4 rings (SSSR count). The number of nitrogens with zero attached hydrogens (tertiary/aromatic N) is 3. The van der Waals surface area contributed by atoms with E-state index >= 15 is 0 Å². The van der Waals surface area contributed by atoms with Crippen LogP contribution in [0.2, 0.25) is 0 Å². The van der Waals surface area contributed by atoms with Crippen LogP contribution < -0.4 is 10.1 Å². The van der Waals surface area contributed by atoms with Gasteiger partial charge in [-0.2, -0.15) is 5.10 Å². The van der Waals surface area contributed by atoms with Crippen molar-refractivity contribution >= 4 is 11.6 Å². The first kappa shape index (κ1) is 14.3. The summed E-state index contributed by atoms with van der Waals surface area (Å²) in [5, 5.41) is 7.16. The summed E-state index contributed by atoms with van der Waals surface area (Å²) >= 11 is 0. The minimum Gasteiger partial charge on any atom is -0.492 e. The summed E-state index contributed by atoms with van der Waals surface area (Å²) in [6.07, 6.45) is 5.18. The van der Waals surface area contributed by atoms with Crippen molar-refractivity contribution in [1.29, 1.82) is 0 Å². The number of hydrogen-bond acceptors (Lipinski definition) is 4. The van der Waals surface area contributed by atoms with Gasteiger partial charge in [0, 0.05) is 44.1 Å². The van der Waals surface area contributed by atoms with E-state index in [1.165, 1.54) is 0 Å². The number of aryl methyl sites for hydroxylation is 1. The lowest BCUT2D eigenvalue weighted by molar-refractivity contribution is -0.116. The second-order valence-corrected chi connectivity index (χ2v) is 6.12. The quantitative estimate of drug-likeness (QED) is 0.913. The lowest BCUT2D eigenvalue weighted by Gasteiger charge is -2.39. The Hall–Kier alpha value is -2.34. The van der Waals surface area contributed by atoms with E-state index in [2.05, 4.69) is 15.3 Å². The Morgan fingerprint density at radius 3 is 3.04 bits per heavy atom. The first-order valence-corrected chi connectivity index (χ1v) is 8.05. The van der Waals surface area contributed by atoms with Crippen molar-refractivity contribution < 1.29 is 9.53 Å². The molecule has 1 N–H and O–H groups in total. The molecule has 2 aromatic rings. The number of hydrogen-bond donors (Lipinski definition) is 1. The van der Waals surface area contributed by atoms with Crippen LogP contribution in [0.3, 0.4) is 0 Å². The van der Waals surface area contributed by atoms with E-state index in [1.807, 2.05) is 41.3 Å². The molecule has 0 atom stereocenters. The highest BCUT2D eigenvalue weighted by Gasteiger charge is 2.27. The second-order valence-electron chi connectivity index (χ2n) is 6.12. The van der Waals surface area contributed by atoms with Crippen molar-refractivity contribution in [3.05, 3.63) is 42.2 Å². The lowest BCUT2D eigenvalue weighted by Crippen LogP contribution is -2.49. The molecule has 23 heavy (non-hydrogen) atoms. The van der Waals surface area contributed by atoms with E-state index in [4.69, 9.17) is 4.74 Å². The number of nitrogens with one attached hydrogen (secondary N) is 1. The zero-order valence-electron chi connectivity index (χ0n) is 12.9. The summed E-state index contributed by atoms with van der Waals surface area (Å²) in [5.74, 6) is 0.972. The van der Waals surface area contributed by atoms with Crippen LogP contribution in [0.15, 0.2) is 36.7 Å². The summed E-state index contributed by atoms with van der Waals surface area (Å²) in [6, 6.07) is 8.35. The monoisotopic (exact) mass is 312 g/mol. The molecule has 1 saturated heterocycles. The van der Waals surface area contributed by atoms with Gasteiger partial charge in [-0.1, -0.05) is 0 Å². The van der Waals surface area contributed by atoms with Crippen LogP contribution in [0.1, 0.15) is 18.0 Å². The van der Waals surface area contributed by atoms with Crippen molar-refractivity contribution in [3.8, 4) is 5.75 Å². The molecule has 0 bridgehead atoms. The third-order valence-electron chi connectivity index (χ3n) is 4.49. The van der Waals surface area contributed by atoms with E-state index in [1.54, 1.807) is 0 Å². The molecule has 1 aromatic heterocycles. The van der Waals surface area contributed by atoms with Crippen LogP contribution >= 0.6 is 0 Å². The smallest absolute Gasteiger partial charge is 0.224 e. The first-order valence-electron chi connectivity index (χ1n) is 8.05. The predicted molar refractivity (Wildman–Crippen MR) is 86.6 cm³/mol. The fourth-order valence-electron chi connectivity index (χ4n) is 3.13. The number of likely N-dealkylation sites (tertiary alicyclic amines) is 1. The average Bonchev–Trinajstić information content (AvgIpc) is 3.03. The molecule has 6 nitrogen and oxygen atoms in total. The second kappa shape index (κ2) is 6.04. The summed E-state index contributed by atoms with van der Waals surface area (Å²) in [5.41, 5.74) is 2.07.